The maximum Gasteiger partial charge on any atom is 0.272 e. The van der Waals surface area contributed by atoms with Gasteiger partial charge >= 0.3 is 0 Å². The molecule has 0 fully saturated rings. The second-order valence-electron chi connectivity index (χ2n) is 5.70. The molecule has 2 rings (SSSR count). The van der Waals surface area contributed by atoms with Gasteiger partial charge in [-0.3, -0.25) is 14.9 Å². The molecule has 0 bridgehead atoms. The lowest BCUT2D eigenvalue weighted by Crippen LogP contribution is -2.48. The molecule has 0 unspecified atom stereocenters. The molecule has 0 aliphatic heterocycles. The lowest BCUT2D eigenvalue weighted by Gasteiger charge is -2.23. The van der Waals surface area contributed by atoms with Crippen LogP contribution in [0.15, 0.2) is 24.4 Å². The van der Waals surface area contributed by atoms with E-state index in [0.29, 0.717) is 0 Å². The smallest absolute Gasteiger partial charge is 0.272 e. The van der Waals surface area contributed by atoms with Gasteiger partial charge in [-0.2, -0.15) is 5.10 Å². The maximum absolute atomic E-state index is 12.2. The molecule has 11 heteroatoms. The second-order valence-corrected chi connectivity index (χ2v) is 6.52. The average molecular weight is 409 g/mol. The van der Waals surface area contributed by atoms with Gasteiger partial charge in [0.1, 0.15) is 5.69 Å². The van der Waals surface area contributed by atoms with Crippen molar-refractivity contribution in [3.8, 4) is 5.69 Å². The van der Waals surface area contributed by atoms with Crippen LogP contribution in [0.3, 0.4) is 0 Å². The number of non-ortho nitro benzene ring substituents is 1. The Hall–Kier alpha value is -1.87. The van der Waals surface area contributed by atoms with Crippen molar-refractivity contribution < 1.29 is 9.72 Å². The highest BCUT2D eigenvalue weighted by molar-refractivity contribution is 6.38. The maximum atomic E-state index is 12.2. The second kappa shape index (κ2) is 8.01. The number of carbonyl (C=O) groups is 1. The van der Waals surface area contributed by atoms with E-state index in [-0.39, 0.29) is 46.1 Å². The summed E-state index contributed by atoms with van der Waals surface area (Å²) in [5, 5.41) is 17.8. The number of aromatic nitrogens is 2. The summed E-state index contributed by atoms with van der Waals surface area (Å²) in [5.41, 5.74) is 5.16. The minimum atomic E-state index is -0.599. The van der Waals surface area contributed by atoms with Crippen molar-refractivity contribution >= 4 is 47.2 Å². The number of hydrogen-bond donors (Lipinski definition) is 2. The number of nitro groups is 1. The molecule has 3 N–H and O–H groups in total. The van der Waals surface area contributed by atoms with Crippen LogP contribution in [-0.4, -0.2) is 32.7 Å². The van der Waals surface area contributed by atoms with Crippen molar-refractivity contribution in [1.29, 1.82) is 0 Å². The van der Waals surface area contributed by atoms with Crippen molar-refractivity contribution in [2.45, 2.75) is 19.4 Å². The van der Waals surface area contributed by atoms with Crippen LogP contribution < -0.4 is 11.1 Å². The summed E-state index contributed by atoms with van der Waals surface area (Å²) in [6, 6.07) is 3.82. The first-order valence-electron chi connectivity index (χ1n) is 6.86. The monoisotopic (exact) mass is 407 g/mol. The Morgan fingerprint density at radius 1 is 1.40 bits per heavy atom. The van der Waals surface area contributed by atoms with Gasteiger partial charge in [-0.05, 0) is 19.9 Å². The van der Waals surface area contributed by atoms with Gasteiger partial charge in [-0.15, -0.1) is 12.4 Å². The van der Waals surface area contributed by atoms with E-state index >= 15 is 0 Å². The van der Waals surface area contributed by atoms with Gasteiger partial charge < -0.3 is 11.1 Å². The van der Waals surface area contributed by atoms with E-state index in [0.717, 1.165) is 0 Å². The van der Waals surface area contributed by atoms with Gasteiger partial charge in [0.05, 0.1) is 15.0 Å². The summed E-state index contributed by atoms with van der Waals surface area (Å²) in [4.78, 5) is 22.4. The number of amides is 1. The Balaban J connectivity index is 0.00000312. The number of nitrogens with zero attached hydrogens (tertiary/aromatic N) is 3. The number of nitro benzene ring substituents is 1. The molecule has 1 heterocycles. The predicted octanol–water partition coefficient (Wildman–Crippen LogP) is 2.98. The molecule has 8 nitrogen and oxygen atoms in total. The van der Waals surface area contributed by atoms with E-state index in [1.165, 1.54) is 29.1 Å². The Labute approximate surface area is 159 Å². The third-order valence-corrected chi connectivity index (χ3v) is 3.80. The number of halogens is 3. The fourth-order valence-electron chi connectivity index (χ4n) is 1.87. The first-order valence-corrected chi connectivity index (χ1v) is 7.62. The fraction of sp³-hybridized carbons (Fsp3) is 0.286. The largest absolute Gasteiger partial charge is 0.344 e. The van der Waals surface area contributed by atoms with Crippen molar-refractivity contribution in [2.24, 2.45) is 5.73 Å². The molecule has 1 aromatic heterocycles. The summed E-state index contributed by atoms with van der Waals surface area (Å²) in [5.74, 6) is -0.404. The first kappa shape index (κ1) is 21.2. The summed E-state index contributed by atoms with van der Waals surface area (Å²) in [7, 11) is 0. The third-order valence-electron chi connectivity index (χ3n) is 3.23. The molecule has 0 spiro atoms. The van der Waals surface area contributed by atoms with Crippen LogP contribution in [0.2, 0.25) is 10.0 Å². The molecule has 1 amide bonds. The quantitative estimate of drug-likeness (QED) is 0.583. The van der Waals surface area contributed by atoms with Gasteiger partial charge in [0.2, 0.25) is 0 Å². The summed E-state index contributed by atoms with van der Waals surface area (Å²) in [6.07, 6.45) is 1.49. The van der Waals surface area contributed by atoms with E-state index in [4.69, 9.17) is 28.9 Å². The Morgan fingerprint density at radius 3 is 2.44 bits per heavy atom. The summed E-state index contributed by atoms with van der Waals surface area (Å²) < 4.78 is 1.29. The number of nitrogens with one attached hydrogen (secondary N) is 1. The van der Waals surface area contributed by atoms with Crippen LogP contribution in [-0.2, 0) is 0 Å². The Bertz CT molecular complexity index is 784. The van der Waals surface area contributed by atoms with Gasteiger partial charge in [-0.25, -0.2) is 4.68 Å². The lowest BCUT2D eigenvalue weighted by atomic mass is 10.1. The molecule has 0 aliphatic rings. The average Bonchev–Trinajstić information content (AvgIpc) is 2.95. The number of carbonyl (C=O) groups excluding carboxylic acids is 1. The SMILES string of the molecule is CC(C)(CN)NC(=O)c1ccn(-c2c(Cl)cc([N+](=O)[O-])cc2Cl)n1.Cl. The van der Waals surface area contributed by atoms with E-state index in [2.05, 4.69) is 10.4 Å². The molecule has 136 valence electrons. The zero-order valence-electron chi connectivity index (χ0n) is 13.3. The minimum Gasteiger partial charge on any atom is -0.344 e. The van der Waals surface area contributed by atoms with Gasteiger partial charge in [0.15, 0.2) is 5.69 Å². The van der Waals surface area contributed by atoms with Crippen LogP contribution in [0.1, 0.15) is 24.3 Å². The van der Waals surface area contributed by atoms with Gasteiger partial charge in [0, 0.05) is 30.4 Å². The van der Waals surface area contributed by atoms with E-state index in [1.807, 2.05) is 0 Å². The number of hydrogen-bond acceptors (Lipinski definition) is 5. The van der Waals surface area contributed by atoms with Crippen molar-refractivity contribution in [3.05, 3.63) is 50.2 Å². The summed E-state index contributed by atoms with van der Waals surface area (Å²) >= 11 is 12.1. The van der Waals surface area contributed by atoms with E-state index in [9.17, 15) is 14.9 Å². The van der Waals surface area contributed by atoms with E-state index < -0.39 is 16.4 Å². The standard InChI is InChI=1S/C14H15Cl2N5O3.ClH/c1-14(2,7-17)18-13(22)11-3-4-20(19-11)12-9(15)5-8(21(23)24)6-10(12)16;/h3-6H,7,17H2,1-2H3,(H,18,22);1H. The van der Waals surface area contributed by atoms with Crippen molar-refractivity contribution in [3.63, 3.8) is 0 Å². The molecule has 0 radical (unpaired) electrons. The van der Waals surface area contributed by atoms with Crippen LogP contribution in [0, 0.1) is 10.1 Å². The fourth-order valence-corrected chi connectivity index (χ4v) is 2.52. The highest BCUT2D eigenvalue weighted by Crippen LogP contribution is 2.32. The molecular weight excluding hydrogens is 393 g/mol. The van der Waals surface area contributed by atoms with Crippen LogP contribution in [0.5, 0.6) is 0 Å². The van der Waals surface area contributed by atoms with E-state index in [1.54, 1.807) is 13.8 Å². The molecule has 0 saturated heterocycles. The number of benzene rings is 1. The zero-order chi connectivity index (χ0) is 18.1. The molecule has 0 saturated carbocycles. The van der Waals surface area contributed by atoms with Gasteiger partial charge in [0.25, 0.3) is 11.6 Å². The summed E-state index contributed by atoms with van der Waals surface area (Å²) in [6.45, 7) is 3.83. The normalized spacial score (nSPS) is 10.9. The molecule has 2 aromatic rings. The van der Waals surface area contributed by atoms with Crippen molar-refractivity contribution in [1.82, 2.24) is 15.1 Å². The van der Waals surface area contributed by atoms with Gasteiger partial charge in [-0.1, -0.05) is 23.2 Å². The predicted molar refractivity (Wildman–Crippen MR) is 98.1 cm³/mol. The highest BCUT2D eigenvalue weighted by atomic mass is 35.5. The van der Waals surface area contributed by atoms with Crippen LogP contribution >= 0.6 is 35.6 Å². The molecular formula is C14H16Cl3N5O3. The molecule has 0 atom stereocenters. The number of nitrogens with two attached hydrogens (primary N) is 1. The highest BCUT2D eigenvalue weighted by Gasteiger charge is 2.22. The van der Waals surface area contributed by atoms with Crippen LogP contribution in [0.4, 0.5) is 5.69 Å². The van der Waals surface area contributed by atoms with Crippen LogP contribution in [0.25, 0.3) is 5.69 Å². The minimum absolute atomic E-state index is 0. The molecule has 25 heavy (non-hydrogen) atoms. The Morgan fingerprint density at radius 2 is 1.96 bits per heavy atom. The first-order chi connectivity index (χ1) is 11.1. The number of rotatable bonds is 5. The molecule has 1 aromatic carbocycles. The topological polar surface area (TPSA) is 116 Å². The Kier molecular flexibility index (Phi) is 6.78. The zero-order valence-corrected chi connectivity index (χ0v) is 15.7. The molecule has 0 aliphatic carbocycles. The third kappa shape index (κ3) is 4.82. The lowest BCUT2D eigenvalue weighted by molar-refractivity contribution is -0.384. The van der Waals surface area contributed by atoms with Crippen molar-refractivity contribution in [2.75, 3.05) is 6.54 Å².